The minimum Gasteiger partial charge on any atom is -0.480 e. The van der Waals surface area contributed by atoms with Crippen LogP contribution in [0.25, 0.3) is 0 Å². The number of carboxylic acids is 1. The molecule has 1 aromatic heterocycles. The molecule has 1 aliphatic heterocycles. The molecule has 0 spiro atoms. The van der Waals surface area contributed by atoms with Gasteiger partial charge in [0.2, 0.25) is 10.0 Å². The molecule has 2 heterocycles. The number of carbonyl (C=O) groups is 2. The zero-order valence-electron chi connectivity index (χ0n) is 13.6. The predicted octanol–water partition coefficient (Wildman–Crippen LogP) is -0.490. The molecule has 0 radical (unpaired) electrons. The number of hydrogen-bond acceptors (Lipinski definition) is 5. The smallest absolute Gasteiger partial charge is 0.318 e. The van der Waals surface area contributed by atoms with Gasteiger partial charge in [-0.25, -0.2) is 8.42 Å². The van der Waals surface area contributed by atoms with Crippen LogP contribution >= 0.6 is 0 Å². The number of carbonyl (C=O) groups excluding carboxylic acids is 1. The molecule has 134 valence electrons. The first-order chi connectivity index (χ1) is 11.2. The van der Waals surface area contributed by atoms with Crippen molar-refractivity contribution < 1.29 is 27.9 Å². The van der Waals surface area contributed by atoms with Gasteiger partial charge in [-0.2, -0.15) is 4.31 Å². The molecule has 0 saturated carbocycles. The molecule has 1 aromatic rings. The number of carboxylic acid groups (broad SMARTS) is 1. The Morgan fingerprint density at radius 2 is 2.21 bits per heavy atom. The summed E-state index contributed by atoms with van der Waals surface area (Å²) < 4.78 is 29.8. The van der Waals surface area contributed by atoms with Crippen LogP contribution in [-0.4, -0.2) is 84.7 Å². The summed E-state index contributed by atoms with van der Waals surface area (Å²) in [5.41, 5.74) is 1.31. The maximum atomic E-state index is 12.5. The molecule has 1 amide bonds. The minimum atomic E-state index is -3.68. The molecular weight excluding hydrogens is 338 g/mol. The zero-order chi connectivity index (χ0) is 17.9. The van der Waals surface area contributed by atoms with Gasteiger partial charge in [0.15, 0.2) is 0 Å². The average molecular weight is 359 g/mol. The fraction of sp³-hybridized carbons (Fsp3) is 0.571. The molecular formula is C14H21N3O6S. The lowest BCUT2D eigenvalue weighted by molar-refractivity contribution is -0.137. The maximum Gasteiger partial charge on any atom is 0.318 e. The second-order valence-corrected chi connectivity index (χ2v) is 7.69. The normalized spacial score (nSPS) is 18.8. The molecule has 1 atom stereocenters. The monoisotopic (exact) mass is 359 g/mol. The van der Waals surface area contributed by atoms with Gasteiger partial charge in [-0.1, -0.05) is 0 Å². The number of rotatable bonds is 6. The number of H-pyrrole nitrogens is 1. The molecule has 0 bridgehead atoms. The van der Waals surface area contributed by atoms with E-state index in [9.17, 15) is 18.0 Å². The van der Waals surface area contributed by atoms with Crippen molar-refractivity contribution in [1.29, 1.82) is 0 Å². The molecule has 2 N–H and O–H groups in total. The van der Waals surface area contributed by atoms with E-state index in [1.54, 1.807) is 24.1 Å². The van der Waals surface area contributed by atoms with Crippen molar-refractivity contribution in [1.82, 2.24) is 14.2 Å². The molecule has 0 unspecified atom stereocenters. The van der Waals surface area contributed by atoms with E-state index in [-0.39, 0.29) is 25.6 Å². The number of ether oxygens (including phenoxy) is 1. The number of aryl methyl sites for hydroxylation is 1. The van der Waals surface area contributed by atoms with E-state index in [1.165, 1.54) is 0 Å². The highest BCUT2D eigenvalue weighted by Crippen LogP contribution is 2.14. The van der Waals surface area contributed by atoms with Crippen LogP contribution in [0.3, 0.4) is 0 Å². The van der Waals surface area contributed by atoms with Crippen LogP contribution in [0.5, 0.6) is 0 Å². The van der Waals surface area contributed by atoms with Gasteiger partial charge in [-0.15, -0.1) is 0 Å². The molecule has 0 aromatic carbocycles. The Hall–Kier alpha value is -1.91. The maximum absolute atomic E-state index is 12.5. The van der Waals surface area contributed by atoms with Crippen LogP contribution in [0.15, 0.2) is 12.3 Å². The second-order valence-electron chi connectivity index (χ2n) is 5.71. The van der Waals surface area contributed by atoms with Crippen LogP contribution in [-0.2, 0) is 19.6 Å². The van der Waals surface area contributed by atoms with Crippen molar-refractivity contribution in [2.45, 2.75) is 13.0 Å². The Bertz CT molecular complexity index is 714. The molecule has 24 heavy (non-hydrogen) atoms. The Balaban J connectivity index is 2.05. The number of amides is 1. The highest BCUT2D eigenvalue weighted by molar-refractivity contribution is 7.88. The Kier molecular flexibility index (Phi) is 5.62. The van der Waals surface area contributed by atoms with Crippen LogP contribution in [0.4, 0.5) is 0 Å². The van der Waals surface area contributed by atoms with Crippen molar-refractivity contribution >= 4 is 21.9 Å². The number of nitrogens with zero attached hydrogens (tertiary/aromatic N) is 2. The fourth-order valence-corrected chi connectivity index (χ4v) is 3.35. The quantitative estimate of drug-likeness (QED) is 0.707. The number of nitrogens with one attached hydrogen (secondary N) is 1. The summed E-state index contributed by atoms with van der Waals surface area (Å²) in [5, 5.41) is 8.86. The fourth-order valence-electron chi connectivity index (χ4n) is 2.56. The second kappa shape index (κ2) is 7.32. The first kappa shape index (κ1) is 18.4. The lowest BCUT2D eigenvalue weighted by Crippen LogP contribution is -2.51. The summed E-state index contributed by atoms with van der Waals surface area (Å²) >= 11 is 0. The van der Waals surface area contributed by atoms with Gasteiger partial charge in [0.25, 0.3) is 5.91 Å². The first-order valence-electron chi connectivity index (χ1n) is 7.40. The molecule has 1 saturated heterocycles. The SMILES string of the molecule is Cc1[nH]ccc1C(=O)N1CCO[C@@H](CN(CC(=O)O)S(C)(=O)=O)C1. The lowest BCUT2D eigenvalue weighted by Gasteiger charge is -2.34. The number of hydrogen-bond donors (Lipinski definition) is 2. The highest BCUT2D eigenvalue weighted by Gasteiger charge is 2.30. The average Bonchev–Trinajstić information content (AvgIpc) is 2.91. The summed E-state index contributed by atoms with van der Waals surface area (Å²) in [6.45, 7) is 1.92. The molecule has 10 heteroatoms. The van der Waals surface area contributed by atoms with E-state index in [2.05, 4.69) is 4.98 Å². The van der Waals surface area contributed by atoms with Crippen molar-refractivity contribution in [3.63, 3.8) is 0 Å². The topological polar surface area (TPSA) is 120 Å². The van der Waals surface area contributed by atoms with Crippen molar-refractivity contribution in [2.24, 2.45) is 0 Å². The van der Waals surface area contributed by atoms with Crippen molar-refractivity contribution in [2.75, 3.05) is 39.0 Å². The van der Waals surface area contributed by atoms with Crippen LogP contribution in [0, 0.1) is 6.92 Å². The summed E-state index contributed by atoms with van der Waals surface area (Å²) in [5.74, 6) is -1.40. The third kappa shape index (κ3) is 4.56. The molecule has 0 aliphatic carbocycles. The van der Waals surface area contributed by atoms with E-state index in [0.29, 0.717) is 12.1 Å². The first-order valence-corrected chi connectivity index (χ1v) is 9.25. The number of morpholine rings is 1. The van der Waals surface area contributed by atoms with E-state index in [0.717, 1.165) is 16.3 Å². The van der Waals surface area contributed by atoms with Crippen LogP contribution in [0.2, 0.25) is 0 Å². The summed E-state index contributed by atoms with van der Waals surface area (Å²) in [6.07, 6.45) is 2.06. The van der Waals surface area contributed by atoms with Crippen LogP contribution < -0.4 is 0 Å². The Morgan fingerprint density at radius 1 is 1.50 bits per heavy atom. The van der Waals surface area contributed by atoms with Gasteiger partial charge >= 0.3 is 5.97 Å². The summed E-state index contributed by atoms with van der Waals surface area (Å²) in [7, 11) is -3.68. The number of aromatic amines is 1. The summed E-state index contributed by atoms with van der Waals surface area (Å²) in [4.78, 5) is 27.9. The van der Waals surface area contributed by atoms with Gasteiger partial charge in [-0.05, 0) is 13.0 Å². The molecule has 2 rings (SSSR count). The van der Waals surface area contributed by atoms with E-state index in [4.69, 9.17) is 9.84 Å². The molecule has 1 fully saturated rings. The van der Waals surface area contributed by atoms with Crippen LogP contribution in [0.1, 0.15) is 16.1 Å². The number of aliphatic carboxylic acids is 1. The van der Waals surface area contributed by atoms with Gasteiger partial charge in [0.05, 0.1) is 24.5 Å². The van der Waals surface area contributed by atoms with Crippen molar-refractivity contribution in [3.05, 3.63) is 23.5 Å². The van der Waals surface area contributed by atoms with Crippen molar-refractivity contribution in [3.8, 4) is 0 Å². The summed E-state index contributed by atoms with van der Waals surface area (Å²) in [6, 6.07) is 1.69. The lowest BCUT2D eigenvalue weighted by atomic mass is 10.2. The predicted molar refractivity (Wildman–Crippen MR) is 85.2 cm³/mol. The van der Waals surface area contributed by atoms with Gasteiger partial charge in [0, 0.05) is 31.5 Å². The van der Waals surface area contributed by atoms with E-state index < -0.39 is 28.6 Å². The standard InChI is InChI=1S/C14H21N3O6S/c1-10-12(3-4-15-10)14(20)16-5-6-23-11(7-16)8-17(9-13(18)19)24(2,21)22/h3-4,11,15H,5-9H2,1-2H3,(H,18,19)/t11-/m1/s1. The van der Waals surface area contributed by atoms with Gasteiger partial charge in [-0.3, -0.25) is 9.59 Å². The highest BCUT2D eigenvalue weighted by atomic mass is 32.2. The Labute approximate surface area is 140 Å². The third-order valence-electron chi connectivity index (χ3n) is 3.80. The van der Waals surface area contributed by atoms with Gasteiger partial charge < -0.3 is 19.7 Å². The third-order valence-corrected chi connectivity index (χ3v) is 5.01. The van der Waals surface area contributed by atoms with Gasteiger partial charge in [0.1, 0.15) is 6.54 Å². The number of sulfonamides is 1. The number of aromatic nitrogens is 1. The van der Waals surface area contributed by atoms with E-state index >= 15 is 0 Å². The molecule has 9 nitrogen and oxygen atoms in total. The Morgan fingerprint density at radius 3 is 2.75 bits per heavy atom. The molecule has 1 aliphatic rings. The zero-order valence-corrected chi connectivity index (χ0v) is 14.4. The largest absolute Gasteiger partial charge is 0.480 e. The van der Waals surface area contributed by atoms with E-state index in [1.807, 2.05) is 0 Å². The minimum absolute atomic E-state index is 0.110.